The van der Waals surface area contributed by atoms with Gasteiger partial charge in [0, 0.05) is 12.4 Å². The summed E-state index contributed by atoms with van der Waals surface area (Å²) in [4.78, 5) is 4.96. The van der Waals surface area contributed by atoms with Crippen molar-refractivity contribution in [2.75, 3.05) is 0 Å². The number of halogens is 1. The smallest absolute Gasteiger partial charge is 0.212 e. The molecule has 0 saturated heterocycles. The first-order valence-corrected chi connectivity index (χ1v) is 5.25. The molecule has 0 saturated carbocycles. The molecule has 2 aromatic heterocycles. The lowest BCUT2D eigenvalue weighted by molar-refractivity contribution is 0.870. The minimum absolute atomic E-state index is 0.255. The van der Waals surface area contributed by atoms with Crippen LogP contribution < -0.4 is 5.73 Å². The van der Waals surface area contributed by atoms with Gasteiger partial charge in [-0.2, -0.15) is 5.10 Å². The van der Waals surface area contributed by atoms with E-state index >= 15 is 0 Å². The molecule has 0 aromatic carbocycles. The van der Waals surface area contributed by atoms with Crippen LogP contribution in [0.25, 0.3) is 5.13 Å². The van der Waals surface area contributed by atoms with Crippen LogP contribution in [0.3, 0.4) is 0 Å². The second-order valence-electron chi connectivity index (χ2n) is 2.43. The van der Waals surface area contributed by atoms with Gasteiger partial charge in [0.05, 0.1) is 0 Å². The predicted octanol–water partition coefficient (Wildman–Crippen LogP) is 1.62. The van der Waals surface area contributed by atoms with Gasteiger partial charge in [-0.15, -0.1) is 0 Å². The summed E-state index contributed by atoms with van der Waals surface area (Å²) >= 11 is 12.0. The number of nitrogens with two attached hydrogens (primary N) is 1. The highest BCUT2D eigenvalue weighted by atomic mass is 35.5. The molecule has 2 rings (SSSR count). The first-order chi connectivity index (χ1) is 6.68. The van der Waals surface area contributed by atoms with Crippen LogP contribution in [0, 0.1) is 0 Å². The van der Waals surface area contributed by atoms with Crippen LogP contribution in [0.15, 0.2) is 18.5 Å². The normalized spacial score (nSPS) is 10.4. The van der Waals surface area contributed by atoms with Crippen LogP contribution in [-0.2, 0) is 0 Å². The Bertz CT molecular complexity index is 462. The molecule has 0 amide bonds. The molecule has 0 aliphatic heterocycles. The van der Waals surface area contributed by atoms with E-state index in [-0.39, 0.29) is 4.99 Å². The minimum Gasteiger partial charge on any atom is -0.389 e. The summed E-state index contributed by atoms with van der Waals surface area (Å²) in [5, 5.41) is 5.00. The second kappa shape index (κ2) is 3.64. The number of hydrogen-bond donors (Lipinski definition) is 1. The van der Waals surface area contributed by atoms with E-state index in [0.29, 0.717) is 15.2 Å². The van der Waals surface area contributed by atoms with E-state index in [1.807, 2.05) is 0 Å². The highest BCUT2D eigenvalue weighted by Crippen LogP contribution is 2.24. The third-order valence-electron chi connectivity index (χ3n) is 1.50. The SMILES string of the molecule is NC(=S)c1sc(-n2cccn2)nc1Cl. The maximum atomic E-state index is 5.85. The number of nitrogens with zero attached hydrogens (tertiary/aromatic N) is 3. The Kier molecular flexibility index (Phi) is 2.49. The van der Waals surface area contributed by atoms with Gasteiger partial charge in [0.15, 0.2) is 5.15 Å². The van der Waals surface area contributed by atoms with E-state index in [1.54, 1.807) is 23.1 Å². The molecule has 2 N–H and O–H groups in total. The van der Waals surface area contributed by atoms with E-state index in [9.17, 15) is 0 Å². The molecular formula is C7H5ClN4S2. The summed E-state index contributed by atoms with van der Waals surface area (Å²) in [6, 6.07) is 1.80. The van der Waals surface area contributed by atoms with Gasteiger partial charge in [-0.1, -0.05) is 35.2 Å². The predicted molar refractivity (Wildman–Crippen MR) is 60.1 cm³/mol. The van der Waals surface area contributed by atoms with E-state index in [0.717, 1.165) is 0 Å². The maximum Gasteiger partial charge on any atom is 0.212 e. The molecule has 2 aromatic rings. The minimum atomic E-state index is 0.255. The average molecular weight is 245 g/mol. The molecule has 0 radical (unpaired) electrons. The van der Waals surface area contributed by atoms with Crippen molar-refractivity contribution in [3.8, 4) is 5.13 Å². The van der Waals surface area contributed by atoms with Crippen LogP contribution in [-0.4, -0.2) is 19.8 Å². The van der Waals surface area contributed by atoms with Gasteiger partial charge in [0.2, 0.25) is 5.13 Å². The van der Waals surface area contributed by atoms with Crippen LogP contribution in [0.4, 0.5) is 0 Å². The van der Waals surface area contributed by atoms with Crippen LogP contribution in [0.5, 0.6) is 0 Å². The quantitative estimate of drug-likeness (QED) is 0.816. The van der Waals surface area contributed by atoms with Gasteiger partial charge >= 0.3 is 0 Å². The van der Waals surface area contributed by atoms with Crippen LogP contribution >= 0.6 is 35.2 Å². The molecule has 72 valence electrons. The lowest BCUT2D eigenvalue weighted by Gasteiger charge is -1.91. The molecule has 0 spiro atoms. The van der Waals surface area contributed by atoms with Crippen molar-refractivity contribution >= 4 is 40.1 Å². The van der Waals surface area contributed by atoms with Gasteiger partial charge in [-0.05, 0) is 6.07 Å². The highest BCUT2D eigenvalue weighted by molar-refractivity contribution is 7.81. The molecule has 4 nitrogen and oxygen atoms in total. The summed E-state index contributed by atoms with van der Waals surface area (Å²) in [5.74, 6) is 0. The first-order valence-electron chi connectivity index (χ1n) is 3.64. The van der Waals surface area contributed by atoms with E-state index in [2.05, 4.69) is 10.1 Å². The van der Waals surface area contributed by atoms with Crippen LogP contribution in [0.2, 0.25) is 5.15 Å². The van der Waals surface area contributed by atoms with Gasteiger partial charge in [0.25, 0.3) is 0 Å². The molecule has 0 aliphatic carbocycles. The maximum absolute atomic E-state index is 5.85. The van der Waals surface area contributed by atoms with Gasteiger partial charge < -0.3 is 5.73 Å². The summed E-state index contributed by atoms with van der Waals surface area (Å²) in [6.45, 7) is 0. The van der Waals surface area contributed by atoms with E-state index in [1.165, 1.54) is 11.3 Å². The lowest BCUT2D eigenvalue weighted by atomic mass is 10.6. The fourth-order valence-corrected chi connectivity index (χ4v) is 2.30. The summed E-state index contributed by atoms with van der Waals surface area (Å²) in [6.07, 6.45) is 3.44. The zero-order chi connectivity index (χ0) is 10.1. The number of hydrogen-bond acceptors (Lipinski definition) is 4. The Labute approximate surface area is 94.3 Å². The fraction of sp³-hybridized carbons (Fsp3) is 0. The molecule has 0 aliphatic rings. The zero-order valence-electron chi connectivity index (χ0n) is 6.85. The number of rotatable bonds is 2. The first kappa shape index (κ1) is 9.57. The van der Waals surface area contributed by atoms with Crippen molar-refractivity contribution < 1.29 is 0 Å². The molecule has 7 heteroatoms. The molecule has 0 bridgehead atoms. The number of thiazole rings is 1. The van der Waals surface area contributed by atoms with Gasteiger partial charge in [0.1, 0.15) is 9.87 Å². The molecule has 0 atom stereocenters. The molecule has 0 fully saturated rings. The zero-order valence-corrected chi connectivity index (χ0v) is 9.23. The third kappa shape index (κ3) is 1.63. The lowest BCUT2D eigenvalue weighted by Crippen LogP contribution is -2.07. The molecule has 0 unspecified atom stereocenters. The van der Waals surface area contributed by atoms with E-state index in [4.69, 9.17) is 29.6 Å². The molecular weight excluding hydrogens is 240 g/mol. The average Bonchev–Trinajstić information content (AvgIpc) is 2.70. The van der Waals surface area contributed by atoms with Crippen molar-refractivity contribution in [2.24, 2.45) is 5.73 Å². The number of thiocarbonyl (C=S) groups is 1. The number of aromatic nitrogens is 3. The Morgan fingerprint density at radius 1 is 1.64 bits per heavy atom. The van der Waals surface area contributed by atoms with Gasteiger partial charge in [-0.3, -0.25) is 0 Å². The summed E-state index contributed by atoms with van der Waals surface area (Å²) in [7, 11) is 0. The third-order valence-corrected chi connectivity index (χ3v) is 3.30. The fourth-order valence-electron chi connectivity index (χ4n) is 0.923. The standard InChI is InChI=1S/C7H5ClN4S2/c8-5-4(6(9)13)14-7(11-5)12-3-1-2-10-12/h1-3H,(H2,9,13). The van der Waals surface area contributed by atoms with Gasteiger partial charge in [-0.25, -0.2) is 9.67 Å². The molecule has 2 heterocycles. The van der Waals surface area contributed by atoms with E-state index < -0.39 is 0 Å². The summed E-state index contributed by atoms with van der Waals surface area (Å²) < 4.78 is 1.61. The van der Waals surface area contributed by atoms with Crippen molar-refractivity contribution in [1.29, 1.82) is 0 Å². The van der Waals surface area contributed by atoms with Crippen molar-refractivity contribution in [1.82, 2.24) is 14.8 Å². The topological polar surface area (TPSA) is 56.7 Å². The molecule has 14 heavy (non-hydrogen) atoms. The Hall–Kier alpha value is -0.980. The van der Waals surface area contributed by atoms with Crippen molar-refractivity contribution in [3.63, 3.8) is 0 Å². The van der Waals surface area contributed by atoms with Crippen LogP contribution in [0.1, 0.15) is 4.88 Å². The second-order valence-corrected chi connectivity index (χ2v) is 4.21. The Balaban J connectivity index is 2.48. The van der Waals surface area contributed by atoms with Crippen molar-refractivity contribution in [2.45, 2.75) is 0 Å². The Morgan fingerprint density at radius 3 is 2.93 bits per heavy atom. The summed E-state index contributed by atoms with van der Waals surface area (Å²) in [5.41, 5.74) is 5.47. The highest BCUT2D eigenvalue weighted by Gasteiger charge is 2.12. The Morgan fingerprint density at radius 2 is 2.43 bits per heavy atom. The largest absolute Gasteiger partial charge is 0.389 e. The monoisotopic (exact) mass is 244 g/mol. The van der Waals surface area contributed by atoms with Crippen molar-refractivity contribution in [3.05, 3.63) is 28.5 Å².